The third-order valence-electron chi connectivity index (χ3n) is 2.28. The second-order valence-corrected chi connectivity index (χ2v) is 3.78. The molecule has 1 heteroatoms. The van der Waals surface area contributed by atoms with Crippen LogP contribution in [0.4, 0.5) is 0 Å². The van der Waals surface area contributed by atoms with Gasteiger partial charge in [-0.25, -0.2) is 0 Å². The standard InChI is InChI=1S/C8H17N/c1-6-3-7(2)5-8(9)4-6/h6-8H,3-5,9H2,1-2H3/p+1. The molecule has 2 unspecified atom stereocenters. The second-order valence-electron chi connectivity index (χ2n) is 3.78. The van der Waals surface area contributed by atoms with E-state index < -0.39 is 0 Å². The van der Waals surface area contributed by atoms with E-state index in [1.54, 1.807) is 0 Å². The Balaban J connectivity index is 2.34. The molecule has 54 valence electrons. The summed E-state index contributed by atoms with van der Waals surface area (Å²) in [7, 11) is 0. The van der Waals surface area contributed by atoms with E-state index >= 15 is 0 Å². The Morgan fingerprint density at radius 1 is 1.00 bits per heavy atom. The summed E-state index contributed by atoms with van der Waals surface area (Å²) in [5.41, 5.74) is 4.10. The summed E-state index contributed by atoms with van der Waals surface area (Å²) >= 11 is 0. The van der Waals surface area contributed by atoms with Crippen molar-refractivity contribution in [1.82, 2.24) is 0 Å². The van der Waals surface area contributed by atoms with Gasteiger partial charge in [0.2, 0.25) is 0 Å². The zero-order chi connectivity index (χ0) is 6.85. The summed E-state index contributed by atoms with van der Waals surface area (Å²) in [6.45, 7) is 4.68. The molecule has 0 radical (unpaired) electrons. The molecule has 0 saturated heterocycles. The first-order valence-electron chi connectivity index (χ1n) is 4.01. The molecule has 0 aromatic carbocycles. The molecule has 1 saturated carbocycles. The van der Waals surface area contributed by atoms with Gasteiger partial charge in [-0.2, -0.15) is 0 Å². The molecular weight excluding hydrogens is 110 g/mol. The summed E-state index contributed by atoms with van der Waals surface area (Å²) in [4.78, 5) is 0. The molecule has 1 nitrogen and oxygen atoms in total. The lowest BCUT2D eigenvalue weighted by Gasteiger charge is -2.26. The van der Waals surface area contributed by atoms with Crippen LogP contribution in [0.25, 0.3) is 0 Å². The fourth-order valence-electron chi connectivity index (χ4n) is 2.11. The zero-order valence-corrected chi connectivity index (χ0v) is 6.56. The van der Waals surface area contributed by atoms with Gasteiger partial charge < -0.3 is 5.73 Å². The Morgan fingerprint density at radius 2 is 1.44 bits per heavy atom. The highest BCUT2D eigenvalue weighted by Crippen LogP contribution is 2.26. The summed E-state index contributed by atoms with van der Waals surface area (Å²) in [5, 5.41) is 0. The molecule has 9 heavy (non-hydrogen) atoms. The third-order valence-corrected chi connectivity index (χ3v) is 2.28. The lowest BCUT2D eigenvalue weighted by molar-refractivity contribution is -0.430. The maximum atomic E-state index is 4.10. The minimum absolute atomic E-state index is 0.740. The molecule has 0 bridgehead atoms. The van der Waals surface area contributed by atoms with Crippen molar-refractivity contribution in [2.45, 2.75) is 39.2 Å². The van der Waals surface area contributed by atoms with E-state index in [9.17, 15) is 0 Å². The van der Waals surface area contributed by atoms with Crippen LogP contribution < -0.4 is 5.73 Å². The van der Waals surface area contributed by atoms with E-state index in [0.717, 1.165) is 17.9 Å². The molecule has 3 N–H and O–H groups in total. The van der Waals surface area contributed by atoms with Crippen molar-refractivity contribution in [3.05, 3.63) is 0 Å². The maximum absolute atomic E-state index is 4.10. The highest BCUT2D eigenvalue weighted by molar-refractivity contribution is 4.72. The summed E-state index contributed by atoms with van der Waals surface area (Å²) < 4.78 is 0. The molecule has 0 aliphatic heterocycles. The van der Waals surface area contributed by atoms with Gasteiger partial charge in [-0.1, -0.05) is 13.8 Å². The van der Waals surface area contributed by atoms with Crippen LogP contribution in [-0.2, 0) is 0 Å². The van der Waals surface area contributed by atoms with Crippen molar-refractivity contribution in [2.75, 3.05) is 0 Å². The van der Waals surface area contributed by atoms with Crippen LogP contribution in [0.5, 0.6) is 0 Å². The fourth-order valence-corrected chi connectivity index (χ4v) is 2.11. The highest BCUT2D eigenvalue weighted by Gasteiger charge is 2.22. The topological polar surface area (TPSA) is 27.6 Å². The van der Waals surface area contributed by atoms with E-state index in [1.807, 2.05) is 0 Å². The molecule has 1 aliphatic rings. The average molecular weight is 128 g/mol. The van der Waals surface area contributed by atoms with Crippen LogP contribution in [0.1, 0.15) is 33.1 Å². The molecule has 2 atom stereocenters. The van der Waals surface area contributed by atoms with Crippen LogP contribution in [0.2, 0.25) is 0 Å². The fraction of sp³-hybridized carbons (Fsp3) is 1.00. The summed E-state index contributed by atoms with van der Waals surface area (Å²) in [6.07, 6.45) is 4.13. The van der Waals surface area contributed by atoms with Gasteiger partial charge in [-0.15, -0.1) is 0 Å². The molecule has 0 amide bonds. The quantitative estimate of drug-likeness (QED) is 0.505. The van der Waals surface area contributed by atoms with Gasteiger partial charge >= 0.3 is 0 Å². The Hall–Kier alpha value is -0.0400. The Kier molecular flexibility index (Phi) is 2.12. The summed E-state index contributed by atoms with van der Waals surface area (Å²) in [6, 6.07) is 0.740. The Bertz CT molecular complexity index is 65.5. The van der Waals surface area contributed by atoms with Crippen molar-refractivity contribution in [1.29, 1.82) is 0 Å². The van der Waals surface area contributed by atoms with Gasteiger partial charge in [0.25, 0.3) is 0 Å². The normalized spacial score (nSPS) is 45.0. The van der Waals surface area contributed by atoms with Gasteiger partial charge in [0.15, 0.2) is 0 Å². The van der Waals surface area contributed by atoms with Gasteiger partial charge in [0.1, 0.15) is 0 Å². The molecule has 0 spiro atoms. The van der Waals surface area contributed by atoms with Crippen molar-refractivity contribution in [3.63, 3.8) is 0 Å². The van der Waals surface area contributed by atoms with Crippen LogP contribution in [0.15, 0.2) is 0 Å². The van der Waals surface area contributed by atoms with Gasteiger partial charge in [-0.3, -0.25) is 0 Å². The Labute approximate surface area is 57.6 Å². The van der Waals surface area contributed by atoms with Gasteiger partial charge in [-0.05, 0) is 18.3 Å². The number of rotatable bonds is 0. The van der Waals surface area contributed by atoms with Crippen LogP contribution in [0.3, 0.4) is 0 Å². The molecular formula is C8H18N+. The molecule has 0 aromatic heterocycles. The highest BCUT2D eigenvalue weighted by atomic mass is 14.6. The Morgan fingerprint density at radius 3 is 1.78 bits per heavy atom. The zero-order valence-electron chi connectivity index (χ0n) is 6.56. The minimum atomic E-state index is 0.740. The van der Waals surface area contributed by atoms with Crippen molar-refractivity contribution < 1.29 is 5.73 Å². The largest absolute Gasteiger partial charge is 0.355 e. The van der Waals surface area contributed by atoms with Gasteiger partial charge in [0.05, 0.1) is 6.04 Å². The predicted octanol–water partition coefficient (Wildman–Crippen LogP) is 1.05. The first kappa shape index (κ1) is 7.07. The first-order valence-corrected chi connectivity index (χ1v) is 4.01. The molecule has 1 fully saturated rings. The minimum Gasteiger partial charge on any atom is -0.355 e. The molecule has 1 aliphatic carbocycles. The third kappa shape index (κ3) is 1.98. The van der Waals surface area contributed by atoms with Crippen LogP contribution in [-0.4, -0.2) is 6.04 Å². The lowest BCUT2D eigenvalue weighted by Crippen LogP contribution is -2.63. The predicted molar refractivity (Wildman–Crippen MR) is 38.9 cm³/mol. The average Bonchev–Trinajstić information content (AvgIpc) is 1.59. The van der Waals surface area contributed by atoms with E-state index in [1.165, 1.54) is 19.3 Å². The summed E-state index contributed by atoms with van der Waals surface area (Å²) in [5.74, 6) is 1.85. The second kappa shape index (κ2) is 2.70. The number of hydrogen-bond acceptors (Lipinski definition) is 0. The van der Waals surface area contributed by atoms with Gasteiger partial charge in [0, 0.05) is 12.8 Å². The smallest absolute Gasteiger partial charge is 0.0848 e. The van der Waals surface area contributed by atoms with E-state index in [0.29, 0.717) is 0 Å². The van der Waals surface area contributed by atoms with Crippen LogP contribution >= 0.6 is 0 Å². The van der Waals surface area contributed by atoms with Crippen LogP contribution in [0, 0.1) is 11.8 Å². The maximum Gasteiger partial charge on any atom is 0.0848 e. The van der Waals surface area contributed by atoms with E-state index in [4.69, 9.17) is 0 Å². The first-order chi connectivity index (χ1) is 4.18. The van der Waals surface area contributed by atoms with E-state index in [2.05, 4.69) is 19.6 Å². The van der Waals surface area contributed by atoms with Crippen molar-refractivity contribution >= 4 is 0 Å². The molecule has 1 rings (SSSR count). The van der Waals surface area contributed by atoms with E-state index in [-0.39, 0.29) is 0 Å². The van der Waals surface area contributed by atoms with Crippen molar-refractivity contribution in [3.8, 4) is 0 Å². The van der Waals surface area contributed by atoms with Crippen molar-refractivity contribution in [2.24, 2.45) is 11.8 Å². The lowest BCUT2D eigenvalue weighted by atomic mass is 9.81. The number of quaternary nitrogens is 1. The molecule has 0 heterocycles. The monoisotopic (exact) mass is 128 g/mol. The molecule has 0 aromatic rings. The SMILES string of the molecule is CC1CC(C)CC([NH3+])C1. The number of hydrogen-bond donors (Lipinski definition) is 1.